The van der Waals surface area contributed by atoms with Crippen LogP contribution in [0.4, 0.5) is 5.69 Å². The molecule has 3 aliphatic rings. The summed E-state index contributed by atoms with van der Waals surface area (Å²) in [7, 11) is 4.76. The Morgan fingerprint density at radius 3 is 2.11 bits per heavy atom. The van der Waals surface area contributed by atoms with Gasteiger partial charge in [-0.1, -0.05) is 36.4 Å². The van der Waals surface area contributed by atoms with E-state index in [2.05, 4.69) is 66.0 Å². The van der Waals surface area contributed by atoms with E-state index in [1.807, 2.05) is 18.2 Å². The number of methoxy groups -OCH3 is 3. The number of nitrogens with one attached hydrogen (secondary N) is 1. The zero-order chi connectivity index (χ0) is 29.9. The fourth-order valence-electron chi connectivity index (χ4n) is 7.29. The number of rotatable bonds is 6. The monoisotopic (exact) mass is 589 g/mol. The molecule has 5 aromatic rings. The molecule has 1 aliphatic carbocycles. The van der Waals surface area contributed by atoms with Crippen LogP contribution in [0, 0.1) is 11.8 Å². The topological polar surface area (TPSA) is 84.5 Å². The van der Waals surface area contributed by atoms with Crippen LogP contribution in [0.2, 0.25) is 0 Å². The third kappa shape index (κ3) is 4.01. The van der Waals surface area contributed by atoms with Crippen molar-refractivity contribution in [1.29, 1.82) is 0 Å². The van der Waals surface area contributed by atoms with Gasteiger partial charge in [0, 0.05) is 22.9 Å². The molecular weight excluding hydrogens is 558 g/mol. The van der Waals surface area contributed by atoms with E-state index < -0.39 is 5.92 Å². The summed E-state index contributed by atoms with van der Waals surface area (Å²) in [5.41, 5.74) is 3.85. The Kier molecular flexibility index (Phi) is 6.18. The summed E-state index contributed by atoms with van der Waals surface area (Å²) < 4.78 is 34.5. The molecule has 0 aromatic heterocycles. The lowest BCUT2D eigenvalue weighted by molar-refractivity contribution is -0.141. The molecule has 0 radical (unpaired) electrons. The van der Waals surface area contributed by atoms with Crippen LogP contribution in [0.25, 0.3) is 21.5 Å². The number of hydrogen-bond acceptors (Lipinski definition) is 8. The second-order valence-electron chi connectivity index (χ2n) is 11.4. The van der Waals surface area contributed by atoms with Gasteiger partial charge in [0.25, 0.3) is 0 Å². The third-order valence-electron chi connectivity index (χ3n) is 9.29. The normalized spacial score (nSPS) is 21.5. The molecule has 8 nitrogen and oxygen atoms in total. The molecule has 0 amide bonds. The van der Waals surface area contributed by atoms with Crippen molar-refractivity contribution < 1.29 is 33.2 Å². The summed E-state index contributed by atoms with van der Waals surface area (Å²) in [5.74, 6) is 1.69. The Hall–Kier alpha value is -5.11. The summed E-state index contributed by atoms with van der Waals surface area (Å²) in [4.78, 5) is 13.6. The second kappa shape index (κ2) is 10.3. The first-order valence-electron chi connectivity index (χ1n) is 14.7. The minimum absolute atomic E-state index is 0.149. The van der Waals surface area contributed by atoms with Crippen molar-refractivity contribution in [2.75, 3.05) is 40.0 Å². The predicted octanol–water partition coefficient (Wildman–Crippen LogP) is 6.84. The van der Waals surface area contributed by atoms with Crippen molar-refractivity contribution in [2.45, 2.75) is 12.0 Å². The van der Waals surface area contributed by atoms with Crippen LogP contribution in [0.3, 0.4) is 0 Å². The van der Waals surface area contributed by atoms with Gasteiger partial charge in [-0.25, -0.2) is 0 Å². The summed E-state index contributed by atoms with van der Waals surface area (Å²) in [6.07, 6.45) is 0. The average molecular weight is 590 g/mol. The lowest BCUT2D eigenvalue weighted by atomic mass is 9.65. The molecule has 0 bridgehead atoms. The molecular formula is C36H31NO7. The lowest BCUT2D eigenvalue weighted by Gasteiger charge is -2.40. The Morgan fingerprint density at radius 1 is 0.727 bits per heavy atom. The number of hydrogen-bond donors (Lipinski definition) is 1. The molecule has 5 aromatic carbocycles. The Bertz CT molecular complexity index is 1930. The highest BCUT2D eigenvalue weighted by Gasteiger charge is 2.53. The number of ether oxygens (including phenoxy) is 6. The van der Waals surface area contributed by atoms with Crippen molar-refractivity contribution in [3.05, 3.63) is 95.6 Å². The average Bonchev–Trinajstić information content (AvgIpc) is 3.68. The molecule has 2 aliphatic heterocycles. The Labute approximate surface area is 254 Å². The number of cyclic esters (lactones) is 1. The van der Waals surface area contributed by atoms with Gasteiger partial charge in [-0.2, -0.15) is 0 Å². The van der Waals surface area contributed by atoms with E-state index >= 15 is 0 Å². The number of carbonyl (C=O) groups excluding carboxylic acids is 1. The summed E-state index contributed by atoms with van der Waals surface area (Å²) in [6, 6.07) is 26.8. The number of carbonyl (C=O) groups is 1. The largest absolute Gasteiger partial charge is 0.493 e. The molecule has 0 unspecified atom stereocenters. The number of fused-ring (bicyclic) bond motifs is 5. The minimum Gasteiger partial charge on any atom is -0.493 e. The molecule has 8 heteroatoms. The van der Waals surface area contributed by atoms with Crippen LogP contribution in [0.15, 0.2) is 78.9 Å². The van der Waals surface area contributed by atoms with E-state index in [1.165, 1.54) is 10.8 Å². The maximum absolute atomic E-state index is 13.6. The number of anilines is 1. The first-order chi connectivity index (χ1) is 21.6. The zero-order valence-electron chi connectivity index (χ0n) is 24.6. The van der Waals surface area contributed by atoms with Gasteiger partial charge in [0.05, 0.1) is 39.9 Å². The molecule has 0 spiro atoms. The highest BCUT2D eigenvalue weighted by Crippen LogP contribution is 2.56. The fraction of sp³-hybridized carbons (Fsp3) is 0.250. The van der Waals surface area contributed by atoms with Gasteiger partial charge in [-0.15, -0.1) is 0 Å². The highest BCUT2D eigenvalue weighted by molar-refractivity contribution is 6.03. The molecule has 1 N–H and O–H groups in total. The van der Waals surface area contributed by atoms with Crippen molar-refractivity contribution in [2.24, 2.45) is 11.8 Å². The number of esters is 1. The predicted molar refractivity (Wildman–Crippen MR) is 166 cm³/mol. The molecule has 44 heavy (non-hydrogen) atoms. The van der Waals surface area contributed by atoms with Gasteiger partial charge in [0.1, 0.15) is 0 Å². The smallest absolute Gasteiger partial charge is 0.310 e. The van der Waals surface area contributed by atoms with Crippen molar-refractivity contribution >= 4 is 33.2 Å². The van der Waals surface area contributed by atoms with Crippen LogP contribution >= 0.6 is 0 Å². The molecule has 0 saturated carbocycles. The van der Waals surface area contributed by atoms with Crippen LogP contribution < -0.4 is 29.0 Å². The van der Waals surface area contributed by atoms with E-state index in [0.29, 0.717) is 35.4 Å². The molecule has 222 valence electrons. The summed E-state index contributed by atoms with van der Waals surface area (Å²) in [5, 5.41) is 8.48. The quantitative estimate of drug-likeness (QED) is 0.170. The molecule has 4 atom stereocenters. The minimum atomic E-state index is -0.459. The maximum Gasteiger partial charge on any atom is 0.310 e. The van der Waals surface area contributed by atoms with Gasteiger partial charge in [0.15, 0.2) is 23.0 Å². The van der Waals surface area contributed by atoms with Crippen molar-refractivity contribution in [3.8, 4) is 28.7 Å². The lowest BCUT2D eigenvalue weighted by Crippen LogP contribution is -2.37. The van der Waals surface area contributed by atoms with Crippen molar-refractivity contribution in [1.82, 2.24) is 0 Å². The summed E-state index contributed by atoms with van der Waals surface area (Å²) >= 11 is 0. The third-order valence-corrected chi connectivity index (χ3v) is 9.29. The second-order valence-corrected chi connectivity index (χ2v) is 11.4. The Morgan fingerprint density at radius 2 is 1.41 bits per heavy atom. The van der Waals surface area contributed by atoms with E-state index in [4.69, 9.17) is 28.4 Å². The van der Waals surface area contributed by atoms with Gasteiger partial charge in [-0.3, -0.25) is 4.79 Å². The summed E-state index contributed by atoms with van der Waals surface area (Å²) in [6.45, 7) is 0.445. The van der Waals surface area contributed by atoms with Crippen LogP contribution in [-0.4, -0.2) is 40.7 Å². The van der Waals surface area contributed by atoms with Crippen LogP contribution in [-0.2, 0) is 9.53 Å². The van der Waals surface area contributed by atoms with E-state index in [-0.39, 0.29) is 30.6 Å². The molecule has 1 fully saturated rings. The molecule has 2 heterocycles. The van der Waals surface area contributed by atoms with Gasteiger partial charge >= 0.3 is 5.97 Å². The zero-order valence-corrected chi connectivity index (χ0v) is 24.6. The van der Waals surface area contributed by atoms with E-state index in [9.17, 15) is 4.79 Å². The first-order valence-corrected chi connectivity index (χ1v) is 14.7. The Balaban J connectivity index is 1.32. The number of benzene rings is 5. The van der Waals surface area contributed by atoms with Crippen LogP contribution in [0.1, 0.15) is 28.7 Å². The first kappa shape index (κ1) is 26.5. The highest BCUT2D eigenvalue weighted by atomic mass is 16.7. The van der Waals surface area contributed by atoms with E-state index in [1.54, 1.807) is 21.3 Å². The van der Waals surface area contributed by atoms with Gasteiger partial charge in [0.2, 0.25) is 12.5 Å². The van der Waals surface area contributed by atoms with Gasteiger partial charge < -0.3 is 33.7 Å². The van der Waals surface area contributed by atoms with Gasteiger partial charge in [-0.05, 0) is 75.3 Å². The molecule has 8 rings (SSSR count). The SMILES string of the molecule is COc1cc([C@@H]2c3cc4c(cc3[C@@H](Nc3cccc5cc6ccccc6cc35)[C@H]3COC(=O)[C@H]23)OCO4)cc(OC)c1OC. The van der Waals surface area contributed by atoms with Crippen LogP contribution in [0.5, 0.6) is 28.7 Å². The van der Waals surface area contributed by atoms with Crippen molar-refractivity contribution in [3.63, 3.8) is 0 Å². The fourth-order valence-corrected chi connectivity index (χ4v) is 7.29. The standard InChI is InChI=1S/C36H31NO7/c1-39-30-13-22(14-31(40-2)35(30)41-3)32-24-15-28-29(44-18-43-28)16-25(24)34(26-17-42-36(38)33(26)32)37-27-10-6-9-21-11-19-7-4-5-8-20(19)12-23(21)27/h4-16,26,32-34,37H,17-18H2,1-3H3/t26-,32+,33-,34+/m0/s1. The van der Waals surface area contributed by atoms with E-state index in [0.717, 1.165) is 33.2 Å². The molecule has 1 saturated heterocycles. The maximum atomic E-state index is 13.6.